The van der Waals surface area contributed by atoms with Crippen LogP contribution in [-0.2, 0) is 0 Å². The minimum atomic E-state index is -0.752. The van der Waals surface area contributed by atoms with E-state index in [2.05, 4.69) is 20.2 Å². The van der Waals surface area contributed by atoms with Gasteiger partial charge in [-0.05, 0) is 43.7 Å². The second-order valence-electron chi connectivity index (χ2n) is 6.36. The molecular formula is C16H19ClN4O3. The third-order valence-electron chi connectivity index (χ3n) is 4.26. The van der Waals surface area contributed by atoms with Crippen molar-refractivity contribution in [1.29, 1.82) is 0 Å². The molecule has 0 radical (unpaired) electrons. The molecular weight excluding hydrogens is 332 g/mol. The molecule has 0 unspecified atom stereocenters. The monoisotopic (exact) mass is 350 g/mol. The Labute approximate surface area is 145 Å². The Hall–Kier alpha value is -1.99. The fourth-order valence-corrected chi connectivity index (χ4v) is 3.12. The summed E-state index contributed by atoms with van der Waals surface area (Å²) in [6, 6.07) is 2.07. The zero-order valence-corrected chi connectivity index (χ0v) is 14.7. The molecule has 1 fully saturated rings. The summed E-state index contributed by atoms with van der Waals surface area (Å²) >= 11 is 6.22. The van der Waals surface area contributed by atoms with E-state index in [4.69, 9.17) is 21.1 Å². The van der Waals surface area contributed by atoms with Gasteiger partial charge in [0.15, 0.2) is 5.15 Å². The van der Waals surface area contributed by atoms with Crippen LogP contribution in [0, 0.1) is 5.92 Å². The molecule has 2 aromatic heterocycles. The van der Waals surface area contributed by atoms with Gasteiger partial charge < -0.3 is 14.6 Å². The highest BCUT2D eigenvalue weighted by Gasteiger charge is 2.48. The number of rotatable bonds is 5. The molecule has 2 heterocycles. The van der Waals surface area contributed by atoms with E-state index >= 15 is 0 Å². The second kappa shape index (κ2) is 6.14. The molecule has 1 saturated carbocycles. The molecule has 0 aliphatic heterocycles. The number of methoxy groups -OCH3 is 2. The highest BCUT2D eigenvalue weighted by Crippen LogP contribution is 2.54. The lowest BCUT2D eigenvalue weighted by molar-refractivity contribution is 0.0546. The Bertz CT molecular complexity index is 763. The second-order valence-corrected chi connectivity index (χ2v) is 6.72. The first-order valence-corrected chi connectivity index (χ1v) is 7.93. The maximum absolute atomic E-state index is 10.2. The van der Waals surface area contributed by atoms with Gasteiger partial charge in [0.2, 0.25) is 5.88 Å². The molecule has 0 spiro atoms. The summed E-state index contributed by atoms with van der Waals surface area (Å²) in [6.45, 7) is 3.61. The molecule has 0 aromatic carbocycles. The van der Waals surface area contributed by atoms with Gasteiger partial charge in [0.05, 0.1) is 25.4 Å². The van der Waals surface area contributed by atoms with Gasteiger partial charge in [-0.1, -0.05) is 11.6 Å². The molecule has 0 bridgehead atoms. The maximum atomic E-state index is 10.2. The molecule has 1 aliphatic rings. The Kier molecular flexibility index (Phi) is 4.31. The van der Waals surface area contributed by atoms with Crippen LogP contribution >= 0.6 is 11.6 Å². The van der Waals surface area contributed by atoms with Crippen molar-refractivity contribution in [2.75, 3.05) is 14.2 Å². The number of nitrogens with zero attached hydrogens (tertiary/aromatic N) is 4. The predicted octanol–water partition coefficient (Wildman–Crippen LogP) is 2.48. The number of ether oxygens (including phenoxy) is 2. The van der Waals surface area contributed by atoms with Crippen molar-refractivity contribution >= 4 is 11.6 Å². The first-order valence-electron chi connectivity index (χ1n) is 7.56. The predicted molar refractivity (Wildman–Crippen MR) is 88.3 cm³/mol. The van der Waals surface area contributed by atoms with Crippen LogP contribution in [0.4, 0.5) is 0 Å². The summed E-state index contributed by atoms with van der Waals surface area (Å²) in [4.78, 5) is 8.25. The van der Waals surface area contributed by atoms with E-state index in [0.29, 0.717) is 22.3 Å². The van der Waals surface area contributed by atoms with Crippen LogP contribution in [0.15, 0.2) is 12.3 Å². The molecule has 2 atom stereocenters. The smallest absolute Gasteiger partial charge is 0.319 e. The SMILES string of the molecule is COc1ncc(-c2cc([C@H]3C[C@@H]3C(C)(C)O)c(Cl)nn2)c(OC)n1. The average molecular weight is 351 g/mol. The van der Waals surface area contributed by atoms with E-state index in [1.165, 1.54) is 14.2 Å². The van der Waals surface area contributed by atoms with Crippen LogP contribution in [-0.4, -0.2) is 45.1 Å². The molecule has 1 N–H and O–H groups in total. The van der Waals surface area contributed by atoms with Gasteiger partial charge in [0.1, 0.15) is 5.69 Å². The van der Waals surface area contributed by atoms with E-state index in [9.17, 15) is 5.11 Å². The molecule has 0 saturated heterocycles. The van der Waals surface area contributed by atoms with Crippen LogP contribution in [0.25, 0.3) is 11.3 Å². The lowest BCUT2D eigenvalue weighted by Gasteiger charge is -2.17. The summed E-state index contributed by atoms with van der Waals surface area (Å²) in [5.74, 6) is 0.664. The fraction of sp³-hybridized carbons (Fsp3) is 0.500. The molecule has 128 valence electrons. The Morgan fingerprint density at radius 2 is 2.00 bits per heavy atom. The van der Waals surface area contributed by atoms with Crippen molar-refractivity contribution in [2.45, 2.75) is 31.8 Å². The van der Waals surface area contributed by atoms with Crippen LogP contribution in [0.5, 0.6) is 11.9 Å². The maximum Gasteiger partial charge on any atom is 0.319 e. The molecule has 7 nitrogen and oxygen atoms in total. The summed E-state index contributed by atoms with van der Waals surface area (Å²) in [6.07, 6.45) is 2.44. The van der Waals surface area contributed by atoms with Crippen molar-refractivity contribution in [3.8, 4) is 23.1 Å². The Balaban J connectivity index is 1.98. The van der Waals surface area contributed by atoms with E-state index in [1.54, 1.807) is 20.0 Å². The summed E-state index contributed by atoms with van der Waals surface area (Å²) < 4.78 is 10.3. The summed E-state index contributed by atoms with van der Waals surface area (Å²) in [5, 5.41) is 18.7. The van der Waals surface area contributed by atoms with Gasteiger partial charge in [0.25, 0.3) is 0 Å². The molecule has 1 aliphatic carbocycles. The van der Waals surface area contributed by atoms with E-state index in [-0.39, 0.29) is 17.8 Å². The van der Waals surface area contributed by atoms with Crippen molar-refractivity contribution in [1.82, 2.24) is 20.2 Å². The van der Waals surface area contributed by atoms with Gasteiger partial charge in [-0.15, -0.1) is 10.2 Å². The highest BCUT2D eigenvalue weighted by molar-refractivity contribution is 6.30. The van der Waals surface area contributed by atoms with Crippen molar-refractivity contribution < 1.29 is 14.6 Å². The number of aromatic nitrogens is 4. The van der Waals surface area contributed by atoms with Gasteiger partial charge in [-0.2, -0.15) is 4.98 Å². The van der Waals surface area contributed by atoms with E-state index in [0.717, 1.165) is 12.0 Å². The van der Waals surface area contributed by atoms with Crippen molar-refractivity contribution in [3.05, 3.63) is 23.0 Å². The minimum Gasteiger partial charge on any atom is -0.480 e. The quantitative estimate of drug-likeness (QED) is 0.885. The topological polar surface area (TPSA) is 90.2 Å². The van der Waals surface area contributed by atoms with Crippen LogP contribution < -0.4 is 9.47 Å². The fourth-order valence-electron chi connectivity index (χ4n) is 2.88. The zero-order valence-electron chi connectivity index (χ0n) is 13.9. The molecule has 24 heavy (non-hydrogen) atoms. The Morgan fingerprint density at radius 3 is 2.58 bits per heavy atom. The first kappa shape index (κ1) is 16.9. The third-order valence-corrected chi connectivity index (χ3v) is 4.55. The van der Waals surface area contributed by atoms with E-state index in [1.807, 2.05) is 6.07 Å². The lowest BCUT2D eigenvalue weighted by Crippen LogP contribution is -2.22. The average Bonchev–Trinajstić information content (AvgIpc) is 3.35. The van der Waals surface area contributed by atoms with Gasteiger partial charge in [0, 0.05) is 6.20 Å². The largest absolute Gasteiger partial charge is 0.480 e. The molecule has 3 rings (SSSR count). The third kappa shape index (κ3) is 3.14. The van der Waals surface area contributed by atoms with Crippen LogP contribution in [0.1, 0.15) is 31.7 Å². The minimum absolute atomic E-state index is 0.154. The number of halogens is 1. The summed E-state index contributed by atoms with van der Waals surface area (Å²) in [5.41, 5.74) is 1.28. The summed E-state index contributed by atoms with van der Waals surface area (Å²) in [7, 11) is 3.00. The normalized spacial score (nSPS) is 19.9. The zero-order chi connectivity index (χ0) is 17.5. The van der Waals surface area contributed by atoms with Gasteiger partial charge in [-0.25, -0.2) is 4.98 Å². The number of aliphatic hydroxyl groups is 1. The van der Waals surface area contributed by atoms with Gasteiger partial charge >= 0.3 is 6.01 Å². The molecule has 0 amide bonds. The molecule has 2 aromatic rings. The number of hydrogen-bond donors (Lipinski definition) is 1. The van der Waals surface area contributed by atoms with E-state index < -0.39 is 5.60 Å². The first-order chi connectivity index (χ1) is 11.3. The standard InChI is InChI=1S/C16H19ClN4O3/c1-16(2,22)11-5-8(11)9-6-12(20-21-13(9)17)10-7-18-15(24-4)19-14(10)23-3/h6-8,11,22H,5H2,1-4H3/t8-,11+/m1/s1. The number of hydrogen-bond acceptors (Lipinski definition) is 7. The molecule has 8 heteroatoms. The van der Waals surface area contributed by atoms with Crippen LogP contribution in [0.2, 0.25) is 5.15 Å². The van der Waals surface area contributed by atoms with Crippen molar-refractivity contribution in [3.63, 3.8) is 0 Å². The van der Waals surface area contributed by atoms with Gasteiger partial charge in [-0.3, -0.25) is 0 Å². The van der Waals surface area contributed by atoms with Crippen LogP contribution in [0.3, 0.4) is 0 Å². The van der Waals surface area contributed by atoms with Crippen molar-refractivity contribution in [2.24, 2.45) is 5.92 Å². The Morgan fingerprint density at radius 1 is 1.25 bits per heavy atom. The lowest BCUT2D eigenvalue weighted by atomic mass is 9.99. The highest BCUT2D eigenvalue weighted by atomic mass is 35.5.